The largest absolute Gasteiger partial charge is 0.481 e. The van der Waals surface area contributed by atoms with Crippen LogP contribution in [-0.2, 0) is 9.59 Å². The molecular formula is C22H28N2O3. The standard InChI is InChI=1S/C22H28N2O3/c25-21(19-17-8-9-18(15-17)20(19)22(26)27)24-13-11-23(12-14-24)10-4-7-16-5-2-1-3-6-16/h1-7,17-20H,8-15H2,(H,26,27). The van der Waals surface area contributed by atoms with E-state index in [0.717, 1.165) is 38.9 Å². The molecule has 1 aliphatic heterocycles. The van der Waals surface area contributed by atoms with Crippen molar-refractivity contribution < 1.29 is 14.7 Å². The van der Waals surface area contributed by atoms with E-state index in [9.17, 15) is 14.7 Å². The summed E-state index contributed by atoms with van der Waals surface area (Å²) in [5, 5.41) is 9.60. The predicted octanol–water partition coefficient (Wildman–Crippen LogP) is 2.59. The van der Waals surface area contributed by atoms with Crippen molar-refractivity contribution in [2.45, 2.75) is 19.3 Å². The number of carbonyl (C=O) groups is 2. The fourth-order valence-corrected chi connectivity index (χ4v) is 5.27. The summed E-state index contributed by atoms with van der Waals surface area (Å²) in [6, 6.07) is 10.2. The molecule has 1 aromatic rings. The molecule has 0 aromatic heterocycles. The molecule has 4 rings (SSSR count). The molecule has 1 heterocycles. The summed E-state index contributed by atoms with van der Waals surface area (Å²) in [5.41, 5.74) is 1.20. The van der Waals surface area contributed by atoms with Crippen molar-refractivity contribution in [1.29, 1.82) is 0 Å². The highest BCUT2D eigenvalue weighted by Crippen LogP contribution is 2.53. The second kappa shape index (κ2) is 7.85. The van der Waals surface area contributed by atoms with Crippen molar-refractivity contribution in [1.82, 2.24) is 9.80 Å². The van der Waals surface area contributed by atoms with E-state index < -0.39 is 11.9 Å². The zero-order valence-electron chi connectivity index (χ0n) is 15.7. The maximum Gasteiger partial charge on any atom is 0.307 e. The van der Waals surface area contributed by atoms with Gasteiger partial charge in [-0.15, -0.1) is 0 Å². The highest BCUT2D eigenvalue weighted by Gasteiger charge is 2.54. The van der Waals surface area contributed by atoms with Crippen molar-refractivity contribution in [3.8, 4) is 0 Å². The minimum atomic E-state index is -0.773. The summed E-state index contributed by atoms with van der Waals surface area (Å²) in [7, 11) is 0. The van der Waals surface area contributed by atoms with Gasteiger partial charge >= 0.3 is 5.97 Å². The number of carbonyl (C=O) groups excluding carboxylic acids is 1. The van der Waals surface area contributed by atoms with Crippen molar-refractivity contribution in [3.05, 3.63) is 42.0 Å². The first-order chi connectivity index (χ1) is 13.1. The molecule has 4 atom stereocenters. The number of nitrogens with zero attached hydrogens (tertiary/aromatic N) is 2. The zero-order chi connectivity index (χ0) is 18.8. The zero-order valence-corrected chi connectivity index (χ0v) is 15.7. The second-order valence-corrected chi connectivity index (χ2v) is 8.16. The molecule has 2 aliphatic carbocycles. The van der Waals surface area contributed by atoms with Crippen LogP contribution in [0.2, 0.25) is 0 Å². The van der Waals surface area contributed by atoms with Crippen molar-refractivity contribution in [2.75, 3.05) is 32.7 Å². The van der Waals surface area contributed by atoms with Gasteiger partial charge in [0.2, 0.25) is 5.91 Å². The van der Waals surface area contributed by atoms with Crippen LogP contribution in [0.5, 0.6) is 0 Å². The average molecular weight is 368 g/mol. The quantitative estimate of drug-likeness (QED) is 0.868. The number of rotatable bonds is 5. The number of hydrogen-bond donors (Lipinski definition) is 1. The van der Waals surface area contributed by atoms with Crippen LogP contribution >= 0.6 is 0 Å². The SMILES string of the molecule is O=C(O)C1C2CCC(C2)C1C(=O)N1CCN(CC=Cc2ccccc2)CC1. The summed E-state index contributed by atoms with van der Waals surface area (Å²) in [6.45, 7) is 3.99. The van der Waals surface area contributed by atoms with E-state index in [-0.39, 0.29) is 23.7 Å². The molecule has 1 N–H and O–H groups in total. The number of carboxylic acid groups (broad SMARTS) is 1. The van der Waals surface area contributed by atoms with Gasteiger partial charge in [0.1, 0.15) is 0 Å². The smallest absolute Gasteiger partial charge is 0.307 e. The highest BCUT2D eigenvalue weighted by atomic mass is 16.4. The van der Waals surface area contributed by atoms with Crippen molar-refractivity contribution in [2.24, 2.45) is 23.7 Å². The maximum absolute atomic E-state index is 13.0. The van der Waals surface area contributed by atoms with Gasteiger partial charge in [-0.1, -0.05) is 42.5 Å². The molecule has 0 radical (unpaired) electrons. The van der Waals surface area contributed by atoms with E-state index in [1.807, 2.05) is 23.1 Å². The number of hydrogen-bond acceptors (Lipinski definition) is 3. The fourth-order valence-electron chi connectivity index (χ4n) is 5.27. The third-order valence-corrected chi connectivity index (χ3v) is 6.64. The molecule has 5 heteroatoms. The van der Waals surface area contributed by atoms with E-state index in [4.69, 9.17) is 0 Å². The van der Waals surface area contributed by atoms with Crippen LogP contribution in [0.1, 0.15) is 24.8 Å². The van der Waals surface area contributed by atoms with Crippen molar-refractivity contribution in [3.63, 3.8) is 0 Å². The summed E-state index contributed by atoms with van der Waals surface area (Å²) < 4.78 is 0. The van der Waals surface area contributed by atoms with E-state index in [1.165, 1.54) is 5.56 Å². The molecule has 144 valence electrons. The van der Waals surface area contributed by atoms with Crippen LogP contribution in [0, 0.1) is 23.7 Å². The Morgan fingerprint density at radius 2 is 1.67 bits per heavy atom. The summed E-state index contributed by atoms with van der Waals surface area (Å²) in [4.78, 5) is 29.0. The Balaban J connectivity index is 1.29. The number of carboxylic acids is 1. The van der Waals surface area contributed by atoms with Gasteiger partial charge in [-0.2, -0.15) is 0 Å². The summed E-state index contributed by atoms with van der Waals surface area (Å²) in [6.07, 6.45) is 7.23. The Labute approximate surface area is 160 Å². The van der Waals surface area contributed by atoms with E-state index in [2.05, 4.69) is 29.2 Å². The predicted molar refractivity (Wildman–Crippen MR) is 104 cm³/mol. The second-order valence-electron chi connectivity index (χ2n) is 8.16. The monoisotopic (exact) mass is 368 g/mol. The van der Waals surface area contributed by atoms with Gasteiger partial charge < -0.3 is 10.0 Å². The van der Waals surface area contributed by atoms with Gasteiger partial charge in [0.05, 0.1) is 11.8 Å². The van der Waals surface area contributed by atoms with Crippen LogP contribution in [0.3, 0.4) is 0 Å². The van der Waals surface area contributed by atoms with Crippen LogP contribution in [-0.4, -0.2) is 59.5 Å². The van der Waals surface area contributed by atoms with Gasteiger partial charge in [0.15, 0.2) is 0 Å². The maximum atomic E-state index is 13.0. The van der Waals surface area contributed by atoms with Crippen LogP contribution in [0.15, 0.2) is 36.4 Å². The van der Waals surface area contributed by atoms with Crippen LogP contribution < -0.4 is 0 Å². The van der Waals surface area contributed by atoms with Gasteiger partial charge in [0.25, 0.3) is 0 Å². The molecule has 2 bridgehead atoms. The third-order valence-electron chi connectivity index (χ3n) is 6.64. The van der Waals surface area contributed by atoms with E-state index >= 15 is 0 Å². The molecule has 3 aliphatic rings. The van der Waals surface area contributed by atoms with Gasteiger partial charge in [-0.3, -0.25) is 14.5 Å². The molecular weight excluding hydrogens is 340 g/mol. The molecule has 27 heavy (non-hydrogen) atoms. The Bertz CT molecular complexity index is 710. The first-order valence-corrected chi connectivity index (χ1v) is 10.1. The highest BCUT2D eigenvalue weighted by molar-refractivity contribution is 5.86. The van der Waals surface area contributed by atoms with Gasteiger partial charge in [-0.25, -0.2) is 0 Å². The number of piperazine rings is 1. The third kappa shape index (κ3) is 3.79. The van der Waals surface area contributed by atoms with Crippen molar-refractivity contribution >= 4 is 18.0 Å². The normalized spacial score (nSPS) is 30.9. The van der Waals surface area contributed by atoms with Crippen LogP contribution in [0.25, 0.3) is 6.08 Å². The lowest BCUT2D eigenvalue weighted by molar-refractivity contribution is -0.153. The summed E-state index contributed by atoms with van der Waals surface area (Å²) in [5.74, 6) is -0.922. The Morgan fingerprint density at radius 3 is 2.33 bits per heavy atom. The minimum absolute atomic E-state index is 0.0917. The lowest BCUT2D eigenvalue weighted by atomic mass is 9.78. The lowest BCUT2D eigenvalue weighted by Crippen LogP contribution is -2.52. The number of fused-ring (bicyclic) bond motifs is 2. The Hall–Kier alpha value is -2.14. The topological polar surface area (TPSA) is 60.9 Å². The Morgan fingerprint density at radius 1 is 1.00 bits per heavy atom. The molecule has 0 spiro atoms. The first-order valence-electron chi connectivity index (χ1n) is 10.1. The number of benzene rings is 1. The lowest BCUT2D eigenvalue weighted by Gasteiger charge is -2.38. The molecule has 1 saturated heterocycles. The van der Waals surface area contributed by atoms with E-state index in [0.29, 0.717) is 13.1 Å². The van der Waals surface area contributed by atoms with Crippen LogP contribution in [0.4, 0.5) is 0 Å². The molecule has 1 amide bonds. The van der Waals surface area contributed by atoms with Gasteiger partial charge in [-0.05, 0) is 36.7 Å². The van der Waals surface area contributed by atoms with Gasteiger partial charge in [0, 0.05) is 32.7 Å². The molecule has 4 unspecified atom stereocenters. The number of amides is 1. The molecule has 5 nitrogen and oxygen atoms in total. The molecule has 1 aromatic carbocycles. The van der Waals surface area contributed by atoms with E-state index in [1.54, 1.807) is 0 Å². The minimum Gasteiger partial charge on any atom is -0.481 e. The molecule has 2 saturated carbocycles. The molecule has 3 fully saturated rings. The summed E-state index contributed by atoms with van der Waals surface area (Å²) >= 11 is 0. The average Bonchev–Trinajstić information content (AvgIpc) is 3.30. The first kappa shape index (κ1) is 18.2. The Kier molecular flexibility index (Phi) is 5.30. The fraction of sp³-hybridized carbons (Fsp3) is 0.545. The number of aliphatic carboxylic acids is 1.